The van der Waals surface area contributed by atoms with Gasteiger partial charge in [-0.15, -0.1) is 0 Å². The van der Waals surface area contributed by atoms with Crippen LogP contribution in [-0.4, -0.2) is 25.5 Å². The molecule has 1 N–H and O–H groups in total. The van der Waals surface area contributed by atoms with Gasteiger partial charge in [0.05, 0.1) is 0 Å². The number of hydrogen-bond donors (Lipinski definition) is 1. The number of amides is 1. The van der Waals surface area contributed by atoms with Crippen molar-refractivity contribution < 1.29 is 4.79 Å². The Balaban J connectivity index is 2.18. The molecule has 0 spiro atoms. The Labute approximate surface area is 103 Å². The van der Waals surface area contributed by atoms with Crippen molar-refractivity contribution in [1.82, 2.24) is 5.32 Å². The molecule has 92 valence electrons. The summed E-state index contributed by atoms with van der Waals surface area (Å²) in [6.45, 7) is 4.65. The summed E-state index contributed by atoms with van der Waals surface area (Å²) in [6.07, 6.45) is 2.65. The highest BCUT2D eigenvalue weighted by Crippen LogP contribution is 2.26. The largest absolute Gasteiger partial charge is 0.315 e. The Kier molecular flexibility index (Phi) is 4.15. The van der Waals surface area contributed by atoms with Crippen LogP contribution < -0.4 is 10.2 Å². The molecule has 0 radical (unpaired) electrons. The Morgan fingerprint density at radius 1 is 1.29 bits per heavy atom. The fraction of sp³-hybridized carbons (Fsp3) is 0.500. The first kappa shape index (κ1) is 12.1. The van der Waals surface area contributed by atoms with Crippen molar-refractivity contribution in [2.24, 2.45) is 0 Å². The molecule has 1 aromatic carbocycles. The number of nitrogens with zero attached hydrogens (tertiary/aromatic N) is 1. The molecule has 0 saturated heterocycles. The van der Waals surface area contributed by atoms with E-state index in [1.807, 2.05) is 11.0 Å². The van der Waals surface area contributed by atoms with Gasteiger partial charge in [-0.3, -0.25) is 4.79 Å². The lowest BCUT2D eigenvalue weighted by atomic mass is 10.1. The SMILES string of the molecule is CCNCCN1C(=O)CCCc2ccccc21. The number of benzene rings is 1. The topological polar surface area (TPSA) is 32.3 Å². The van der Waals surface area contributed by atoms with Gasteiger partial charge in [0.2, 0.25) is 5.91 Å². The molecular formula is C14H20N2O. The first-order valence-corrected chi connectivity index (χ1v) is 6.42. The Morgan fingerprint density at radius 3 is 2.94 bits per heavy atom. The van der Waals surface area contributed by atoms with Crippen LogP contribution in [0.2, 0.25) is 0 Å². The van der Waals surface area contributed by atoms with Crippen LogP contribution in [0, 0.1) is 0 Å². The lowest BCUT2D eigenvalue weighted by molar-refractivity contribution is -0.118. The molecule has 0 aliphatic carbocycles. The number of carbonyl (C=O) groups excluding carboxylic acids is 1. The van der Waals surface area contributed by atoms with E-state index in [9.17, 15) is 4.79 Å². The van der Waals surface area contributed by atoms with Gasteiger partial charge < -0.3 is 10.2 Å². The van der Waals surface area contributed by atoms with Crippen LogP contribution in [0.1, 0.15) is 25.3 Å². The molecule has 0 saturated carbocycles. The minimum atomic E-state index is 0.257. The van der Waals surface area contributed by atoms with Gasteiger partial charge in [-0.1, -0.05) is 25.1 Å². The van der Waals surface area contributed by atoms with Gasteiger partial charge in [0.25, 0.3) is 0 Å². The summed E-state index contributed by atoms with van der Waals surface area (Å²) in [6, 6.07) is 8.26. The summed E-state index contributed by atoms with van der Waals surface area (Å²) < 4.78 is 0. The van der Waals surface area contributed by atoms with Crippen LogP contribution in [0.25, 0.3) is 0 Å². The molecule has 0 aromatic heterocycles. The van der Waals surface area contributed by atoms with E-state index in [1.54, 1.807) is 0 Å². The first-order valence-electron chi connectivity index (χ1n) is 6.42. The van der Waals surface area contributed by atoms with E-state index in [0.717, 1.165) is 38.2 Å². The molecule has 3 heteroatoms. The van der Waals surface area contributed by atoms with Gasteiger partial charge in [-0.05, 0) is 31.0 Å². The fourth-order valence-corrected chi connectivity index (χ4v) is 2.30. The maximum atomic E-state index is 12.1. The van der Waals surface area contributed by atoms with Gasteiger partial charge >= 0.3 is 0 Å². The number of likely N-dealkylation sites (N-methyl/N-ethyl adjacent to an activating group) is 1. The molecule has 0 unspecified atom stereocenters. The van der Waals surface area contributed by atoms with Crippen LogP contribution >= 0.6 is 0 Å². The number of para-hydroxylation sites is 1. The van der Waals surface area contributed by atoms with Crippen molar-refractivity contribution in [2.75, 3.05) is 24.5 Å². The number of carbonyl (C=O) groups is 1. The van der Waals surface area contributed by atoms with Crippen molar-refractivity contribution >= 4 is 11.6 Å². The first-order chi connectivity index (χ1) is 8.33. The normalized spacial score (nSPS) is 15.6. The molecule has 1 aromatic rings. The average molecular weight is 232 g/mol. The predicted octanol–water partition coefficient (Wildman–Crippen LogP) is 1.97. The lowest BCUT2D eigenvalue weighted by Crippen LogP contribution is -2.36. The number of aryl methyl sites for hydroxylation is 1. The van der Waals surface area contributed by atoms with Crippen molar-refractivity contribution in [1.29, 1.82) is 0 Å². The number of fused-ring (bicyclic) bond motifs is 1. The molecular weight excluding hydrogens is 212 g/mol. The van der Waals surface area contributed by atoms with E-state index in [0.29, 0.717) is 6.42 Å². The van der Waals surface area contributed by atoms with Gasteiger partial charge in [-0.25, -0.2) is 0 Å². The molecule has 1 amide bonds. The summed E-state index contributed by atoms with van der Waals surface area (Å²) in [4.78, 5) is 14.0. The third-order valence-electron chi connectivity index (χ3n) is 3.18. The molecule has 1 heterocycles. The number of nitrogens with one attached hydrogen (secondary N) is 1. The minimum absolute atomic E-state index is 0.257. The van der Waals surface area contributed by atoms with Crippen LogP contribution in [0.4, 0.5) is 5.69 Å². The van der Waals surface area contributed by atoms with Gasteiger partial charge in [0.1, 0.15) is 0 Å². The van der Waals surface area contributed by atoms with E-state index in [1.165, 1.54) is 5.56 Å². The molecule has 1 aliphatic heterocycles. The summed E-state index contributed by atoms with van der Waals surface area (Å²) in [5.41, 5.74) is 2.41. The van der Waals surface area contributed by atoms with Crippen molar-refractivity contribution in [3.63, 3.8) is 0 Å². The number of hydrogen-bond acceptors (Lipinski definition) is 2. The smallest absolute Gasteiger partial charge is 0.227 e. The summed E-state index contributed by atoms with van der Waals surface area (Å²) in [5.74, 6) is 0.257. The van der Waals surface area contributed by atoms with E-state index in [4.69, 9.17) is 0 Å². The second kappa shape index (κ2) is 5.82. The van der Waals surface area contributed by atoms with Crippen LogP contribution in [0.15, 0.2) is 24.3 Å². The second-order valence-corrected chi connectivity index (χ2v) is 4.38. The highest BCUT2D eigenvalue weighted by molar-refractivity contribution is 5.94. The molecule has 0 fully saturated rings. The fourth-order valence-electron chi connectivity index (χ4n) is 2.30. The maximum absolute atomic E-state index is 12.1. The van der Waals surface area contributed by atoms with E-state index < -0.39 is 0 Å². The summed E-state index contributed by atoms with van der Waals surface area (Å²) in [7, 11) is 0. The van der Waals surface area contributed by atoms with E-state index >= 15 is 0 Å². The van der Waals surface area contributed by atoms with Gasteiger partial charge in [0, 0.05) is 25.2 Å². The molecule has 3 nitrogen and oxygen atoms in total. The highest BCUT2D eigenvalue weighted by Gasteiger charge is 2.20. The monoisotopic (exact) mass is 232 g/mol. The Hall–Kier alpha value is -1.35. The zero-order chi connectivity index (χ0) is 12.1. The minimum Gasteiger partial charge on any atom is -0.315 e. The third kappa shape index (κ3) is 2.86. The average Bonchev–Trinajstić information content (AvgIpc) is 2.50. The summed E-state index contributed by atoms with van der Waals surface area (Å²) in [5, 5.41) is 3.27. The third-order valence-corrected chi connectivity index (χ3v) is 3.18. The van der Waals surface area contributed by atoms with Crippen LogP contribution in [-0.2, 0) is 11.2 Å². The number of rotatable bonds is 4. The molecule has 2 rings (SSSR count). The van der Waals surface area contributed by atoms with Crippen molar-refractivity contribution in [2.45, 2.75) is 26.2 Å². The van der Waals surface area contributed by atoms with Gasteiger partial charge in [0.15, 0.2) is 0 Å². The quantitative estimate of drug-likeness (QED) is 0.805. The predicted molar refractivity (Wildman–Crippen MR) is 70.3 cm³/mol. The van der Waals surface area contributed by atoms with Crippen LogP contribution in [0.3, 0.4) is 0 Å². The van der Waals surface area contributed by atoms with E-state index in [2.05, 4.69) is 30.4 Å². The Morgan fingerprint density at radius 2 is 2.12 bits per heavy atom. The van der Waals surface area contributed by atoms with Crippen molar-refractivity contribution in [3.05, 3.63) is 29.8 Å². The molecule has 17 heavy (non-hydrogen) atoms. The standard InChI is InChI=1S/C14H20N2O/c1-2-15-10-11-16-13-8-4-3-6-12(13)7-5-9-14(16)17/h3-4,6,8,15H,2,5,7,9-11H2,1H3. The number of anilines is 1. The summed E-state index contributed by atoms with van der Waals surface area (Å²) >= 11 is 0. The Bertz CT molecular complexity index is 390. The van der Waals surface area contributed by atoms with Gasteiger partial charge in [-0.2, -0.15) is 0 Å². The zero-order valence-electron chi connectivity index (χ0n) is 10.4. The molecule has 1 aliphatic rings. The highest BCUT2D eigenvalue weighted by atomic mass is 16.2. The van der Waals surface area contributed by atoms with E-state index in [-0.39, 0.29) is 5.91 Å². The molecule has 0 bridgehead atoms. The van der Waals surface area contributed by atoms with Crippen molar-refractivity contribution in [3.8, 4) is 0 Å². The second-order valence-electron chi connectivity index (χ2n) is 4.38. The molecule has 0 atom stereocenters. The lowest BCUT2D eigenvalue weighted by Gasteiger charge is -2.23. The maximum Gasteiger partial charge on any atom is 0.227 e. The zero-order valence-corrected chi connectivity index (χ0v) is 10.4. The van der Waals surface area contributed by atoms with Crippen LogP contribution in [0.5, 0.6) is 0 Å².